The summed E-state index contributed by atoms with van der Waals surface area (Å²) in [5.41, 5.74) is -0.523. The summed E-state index contributed by atoms with van der Waals surface area (Å²) < 4.78 is 34.7. The minimum atomic E-state index is -4.89. The van der Waals surface area contributed by atoms with Crippen LogP contribution in [0.3, 0.4) is 0 Å². The number of carboxylic acids is 1. The van der Waals surface area contributed by atoms with E-state index < -0.39 is 46.0 Å². The Morgan fingerprint density at radius 1 is 1.55 bits per heavy atom. The van der Waals surface area contributed by atoms with Gasteiger partial charge in [0.2, 0.25) is 5.91 Å². The van der Waals surface area contributed by atoms with Gasteiger partial charge in [-0.15, -0.1) is 3.89 Å². The molecule has 0 aliphatic carbocycles. The molecule has 1 aliphatic rings. The monoisotopic (exact) mass is 367 g/mol. The fourth-order valence-electron chi connectivity index (χ4n) is 1.77. The second kappa shape index (κ2) is 5.05. The average Bonchev–Trinajstić information content (AvgIpc) is 2.71. The first-order valence-corrected chi connectivity index (χ1v) is 7.44. The molecule has 1 fully saturated rings. The van der Waals surface area contributed by atoms with Crippen molar-refractivity contribution in [3.63, 3.8) is 0 Å². The number of nitrogens with zero attached hydrogens (tertiary/aromatic N) is 3. The average molecular weight is 368 g/mol. The number of halogens is 2. The largest absolute Gasteiger partial charge is 0.476 e. The Morgan fingerprint density at radius 2 is 2.20 bits per heavy atom. The molecule has 11 heteroatoms. The highest BCUT2D eigenvalue weighted by atomic mass is 79.9. The van der Waals surface area contributed by atoms with Crippen LogP contribution in [-0.4, -0.2) is 47.2 Å². The number of carbonyl (C=O) groups excluding carboxylic acids is 1. The van der Waals surface area contributed by atoms with Crippen LogP contribution < -0.4 is 4.90 Å². The van der Waals surface area contributed by atoms with Crippen molar-refractivity contribution < 1.29 is 27.0 Å². The van der Waals surface area contributed by atoms with Gasteiger partial charge in [0, 0.05) is 13.0 Å². The molecule has 1 N–H and O–H groups in total. The minimum absolute atomic E-state index is 0.139. The van der Waals surface area contributed by atoms with Crippen molar-refractivity contribution >= 4 is 43.8 Å². The lowest BCUT2D eigenvalue weighted by molar-refractivity contribution is -0.117. The SMILES string of the molecule is O=C(O)c1nc(Br)cnc1N1CC(S(=O)(=O)F)CC1=O. The predicted molar refractivity (Wildman–Crippen MR) is 67.5 cm³/mol. The van der Waals surface area contributed by atoms with E-state index in [1.54, 1.807) is 0 Å². The number of aromatic carboxylic acids is 1. The van der Waals surface area contributed by atoms with Crippen molar-refractivity contribution in [2.75, 3.05) is 11.4 Å². The Bertz CT molecular complexity index is 695. The quantitative estimate of drug-likeness (QED) is 0.765. The standard InChI is InChI=1S/C9H7BrFN3O5S/c10-5-2-12-8(7(13-5)9(16)17)14-3-4(1-6(14)15)20(11,18)19/h2,4H,1,3H2,(H,16,17). The van der Waals surface area contributed by atoms with E-state index in [1.807, 2.05) is 0 Å². The van der Waals surface area contributed by atoms with Gasteiger partial charge in [0.25, 0.3) is 0 Å². The zero-order valence-corrected chi connectivity index (χ0v) is 12.1. The molecule has 8 nitrogen and oxygen atoms in total. The van der Waals surface area contributed by atoms with E-state index >= 15 is 0 Å². The summed E-state index contributed by atoms with van der Waals surface area (Å²) >= 11 is 2.94. The molecule has 0 spiro atoms. The zero-order chi connectivity index (χ0) is 15.1. The smallest absolute Gasteiger partial charge is 0.358 e. The summed E-state index contributed by atoms with van der Waals surface area (Å²) in [7, 11) is -4.89. The Labute approximate surface area is 121 Å². The number of aromatic nitrogens is 2. The lowest BCUT2D eigenvalue weighted by Crippen LogP contribution is -2.30. The highest BCUT2D eigenvalue weighted by Gasteiger charge is 2.41. The van der Waals surface area contributed by atoms with Crippen LogP contribution in [0.4, 0.5) is 9.70 Å². The molecule has 2 heterocycles. The van der Waals surface area contributed by atoms with Crippen LogP contribution in [0.15, 0.2) is 10.8 Å². The normalized spacial score (nSPS) is 19.4. The third kappa shape index (κ3) is 2.77. The predicted octanol–water partition coefficient (Wildman–Crippen LogP) is 0.342. The zero-order valence-electron chi connectivity index (χ0n) is 9.65. The number of carboxylic acid groups (broad SMARTS) is 1. The summed E-state index contributed by atoms with van der Waals surface area (Å²) in [5, 5.41) is 7.48. The van der Waals surface area contributed by atoms with E-state index in [0.717, 1.165) is 11.1 Å². The van der Waals surface area contributed by atoms with Crippen molar-refractivity contribution in [1.82, 2.24) is 9.97 Å². The van der Waals surface area contributed by atoms with Crippen LogP contribution in [0.1, 0.15) is 16.9 Å². The summed E-state index contributed by atoms with van der Waals surface area (Å²) in [5.74, 6) is -2.47. The van der Waals surface area contributed by atoms with Gasteiger partial charge in [-0.1, -0.05) is 0 Å². The number of amides is 1. The maximum Gasteiger partial charge on any atom is 0.358 e. The molecule has 0 bridgehead atoms. The summed E-state index contributed by atoms with van der Waals surface area (Å²) in [4.78, 5) is 31.0. The molecule has 1 unspecified atom stereocenters. The molecule has 2 rings (SSSR count). The number of anilines is 1. The Morgan fingerprint density at radius 3 is 2.70 bits per heavy atom. The van der Waals surface area contributed by atoms with E-state index in [4.69, 9.17) is 5.11 Å². The van der Waals surface area contributed by atoms with Gasteiger partial charge in [-0.3, -0.25) is 9.69 Å². The lowest BCUT2D eigenvalue weighted by Gasteiger charge is -2.16. The third-order valence-electron chi connectivity index (χ3n) is 2.67. The molecular weight excluding hydrogens is 361 g/mol. The van der Waals surface area contributed by atoms with Gasteiger partial charge >= 0.3 is 16.2 Å². The fourth-order valence-corrected chi connectivity index (χ4v) is 2.72. The van der Waals surface area contributed by atoms with E-state index in [-0.39, 0.29) is 10.4 Å². The molecule has 0 radical (unpaired) electrons. The maximum atomic E-state index is 12.9. The first-order valence-electron chi connectivity index (χ1n) is 5.20. The van der Waals surface area contributed by atoms with Crippen molar-refractivity contribution in [1.29, 1.82) is 0 Å². The first-order chi connectivity index (χ1) is 9.20. The van der Waals surface area contributed by atoms with Crippen molar-refractivity contribution in [2.45, 2.75) is 11.7 Å². The highest BCUT2D eigenvalue weighted by molar-refractivity contribution is 9.10. The fraction of sp³-hybridized carbons (Fsp3) is 0.333. The molecule has 1 aliphatic heterocycles. The Hall–Kier alpha value is -1.62. The second-order valence-electron chi connectivity index (χ2n) is 3.98. The summed E-state index contributed by atoms with van der Waals surface area (Å²) in [6.07, 6.45) is 0.599. The van der Waals surface area contributed by atoms with Crippen LogP contribution >= 0.6 is 15.9 Å². The molecule has 1 amide bonds. The van der Waals surface area contributed by atoms with Crippen LogP contribution in [0.5, 0.6) is 0 Å². The molecular formula is C9H7BrFN3O5S. The number of hydrogen-bond donors (Lipinski definition) is 1. The lowest BCUT2D eigenvalue weighted by atomic mass is 10.3. The molecule has 0 aromatic carbocycles. The van der Waals surface area contributed by atoms with Crippen molar-refractivity contribution in [2.24, 2.45) is 0 Å². The number of rotatable bonds is 3. The van der Waals surface area contributed by atoms with E-state index in [0.29, 0.717) is 0 Å². The summed E-state index contributed by atoms with van der Waals surface area (Å²) in [6, 6.07) is 0. The number of carbonyl (C=O) groups is 2. The van der Waals surface area contributed by atoms with Gasteiger partial charge in [-0.2, -0.15) is 8.42 Å². The van der Waals surface area contributed by atoms with E-state index in [9.17, 15) is 21.9 Å². The second-order valence-corrected chi connectivity index (χ2v) is 6.41. The molecule has 20 heavy (non-hydrogen) atoms. The van der Waals surface area contributed by atoms with Crippen LogP contribution in [0.2, 0.25) is 0 Å². The van der Waals surface area contributed by atoms with Crippen molar-refractivity contribution in [3.05, 3.63) is 16.5 Å². The third-order valence-corrected chi connectivity index (χ3v) is 4.16. The van der Waals surface area contributed by atoms with Gasteiger partial charge < -0.3 is 5.11 Å². The van der Waals surface area contributed by atoms with Gasteiger partial charge in [0.15, 0.2) is 11.5 Å². The van der Waals surface area contributed by atoms with E-state index in [2.05, 4.69) is 25.9 Å². The van der Waals surface area contributed by atoms with Crippen LogP contribution in [-0.2, 0) is 15.0 Å². The van der Waals surface area contributed by atoms with Crippen LogP contribution in [0, 0.1) is 0 Å². The first kappa shape index (κ1) is 14.8. The molecule has 1 aromatic heterocycles. The topological polar surface area (TPSA) is 118 Å². The number of hydrogen-bond acceptors (Lipinski definition) is 6. The van der Waals surface area contributed by atoms with Gasteiger partial charge in [0.05, 0.1) is 6.20 Å². The van der Waals surface area contributed by atoms with Gasteiger partial charge in [-0.25, -0.2) is 14.8 Å². The maximum absolute atomic E-state index is 12.9. The summed E-state index contributed by atoms with van der Waals surface area (Å²) in [6.45, 7) is -0.492. The minimum Gasteiger partial charge on any atom is -0.476 e. The Balaban J connectivity index is 2.43. The molecule has 0 saturated carbocycles. The van der Waals surface area contributed by atoms with E-state index in [1.165, 1.54) is 0 Å². The molecule has 1 aromatic rings. The van der Waals surface area contributed by atoms with Gasteiger partial charge in [0.1, 0.15) is 9.85 Å². The molecule has 108 valence electrons. The Kier molecular flexibility index (Phi) is 3.73. The molecule has 1 saturated heterocycles. The molecule has 1 atom stereocenters. The highest BCUT2D eigenvalue weighted by Crippen LogP contribution is 2.27. The van der Waals surface area contributed by atoms with Crippen molar-refractivity contribution in [3.8, 4) is 0 Å². The van der Waals surface area contributed by atoms with Crippen LogP contribution in [0.25, 0.3) is 0 Å². The van der Waals surface area contributed by atoms with Gasteiger partial charge in [-0.05, 0) is 15.9 Å².